The molecule has 1 heterocycles. The molecule has 0 amide bonds. The molecule has 0 bridgehead atoms. The third-order valence-corrected chi connectivity index (χ3v) is 18.1. The van der Waals surface area contributed by atoms with Gasteiger partial charge in [0.25, 0.3) is 0 Å². The van der Waals surface area contributed by atoms with Crippen molar-refractivity contribution in [1.82, 2.24) is 0 Å². The van der Waals surface area contributed by atoms with Gasteiger partial charge in [-0.15, -0.1) is 0 Å². The van der Waals surface area contributed by atoms with Crippen molar-refractivity contribution < 1.29 is 0 Å². The Morgan fingerprint density at radius 1 is 0.375 bits per heavy atom. The summed E-state index contributed by atoms with van der Waals surface area (Å²) in [5.74, 6) is 0. The molecule has 10 aromatic rings. The molecule has 10 aromatic carbocycles. The van der Waals surface area contributed by atoms with Crippen LogP contribution in [-0.4, -0.2) is 8.07 Å². The van der Waals surface area contributed by atoms with Crippen molar-refractivity contribution >= 4 is 89.4 Å². The van der Waals surface area contributed by atoms with Crippen LogP contribution in [-0.2, 0) is 16.2 Å². The fourth-order valence-corrected chi connectivity index (χ4v) is 14.3. The molecule has 0 saturated carbocycles. The summed E-state index contributed by atoms with van der Waals surface area (Å²) in [4.78, 5) is 2.49. The summed E-state index contributed by atoms with van der Waals surface area (Å²) in [6, 6.07) is 60.9. The molecular weight excluding hydrogens is 787 g/mol. The van der Waals surface area contributed by atoms with Crippen molar-refractivity contribution in [3.05, 3.63) is 174 Å². The summed E-state index contributed by atoms with van der Waals surface area (Å²) in [7, 11) is -2.37. The summed E-state index contributed by atoms with van der Waals surface area (Å²) >= 11 is 0. The number of benzene rings is 10. The molecule has 0 saturated heterocycles. The van der Waals surface area contributed by atoms with E-state index in [2.05, 4.69) is 238 Å². The second kappa shape index (κ2) is 13.9. The number of hydrogen-bond acceptors (Lipinski definition) is 1. The lowest BCUT2D eigenvalue weighted by atomic mass is 9.78. The molecule has 316 valence electrons. The monoisotopic (exact) mass is 845 g/mol. The summed E-state index contributed by atoms with van der Waals surface area (Å²) in [5.41, 5.74) is 13.2. The quantitative estimate of drug-likeness (QED) is 0.126. The number of anilines is 3. The predicted molar refractivity (Wildman–Crippen MR) is 284 cm³/mol. The van der Waals surface area contributed by atoms with Crippen LogP contribution in [0.1, 0.15) is 79.0 Å². The Kier molecular flexibility index (Phi) is 8.80. The van der Waals surface area contributed by atoms with E-state index in [1.54, 1.807) is 5.19 Å². The second-order valence-corrected chi connectivity index (χ2v) is 26.6. The van der Waals surface area contributed by atoms with Crippen LogP contribution in [0.5, 0.6) is 0 Å². The highest BCUT2D eigenvalue weighted by atomic mass is 28.3. The first-order valence-electron chi connectivity index (χ1n) is 23.2. The lowest BCUT2D eigenvalue weighted by Gasteiger charge is -2.29. The minimum absolute atomic E-state index is 0.0241. The summed E-state index contributed by atoms with van der Waals surface area (Å²) < 4.78 is 0. The van der Waals surface area contributed by atoms with E-state index in [0.29, 0.717) is 0 Å². The van der Waals surface area contributed by atoms with Gasteiger partial charge in [0.2, 0.25) is 0 Å². The summed E-state index contributed by atoms with van der Waals surface area (Å²) in [6.07, 6.45) is 0. The van der Waals surface area contributed by atoms with Crippen molar-refractivity contribution in [2.24, 2.45) is 0 Å². The molecule has 0 aromatic heterocycles. The van der Waals surface area contributed by atoms with E-state index in [9.17, 15) is 0 Å². The molecule has 0 radical (unpaired) electrons. The minimum atomic E-state index is -2.37. The van der Waals surface area contributed by atoms with E-state index >= 15 is 0 Å². The molecular formula is C62H59NSi. The highest BCUT2D eigenvalue weighted by Gasteiger charge is 2.42. The zero-order chi connectivity index (χ0) is 44.7. The van der Waals surface area contributed by atoms with E-state index < -0.39 is 8.07 Å². The molecule has 0 atom stereocenters. The van der Waals surface area contributed by atoms with Gasteiger partial charge in [-0.2, -0.15) is 0 Å². The van der Waals surface area contributed by atoms with Crippen LogP contribution < -0.4 is 15.3 Å². The molecule has 64 heavy (non-hydrogen) atoms. The fourth-order valence-electron chi connectivity index (χ4n) is 10.9. The largest absolute Gasteiger partial charge is 0.310 e. The highest BCUT2D eigenvalue weighted by Crippen LogP contribution is 2.49. The molecule has 2 heteroatoms. The number of nitrogens with zero attached hydrogens (tertiary/aromatic N) is 1. The summed E-state index contributed by atoms with van der Waals surface area (Å²) in [5, 5.41) is 16.5. The lowest BCUT2D eigenvalue weighted by Crippen LogP contribution is -2.49. The number of hydrogen-bond donors (Lipinski definition) is 0. The topological polar surface area (TPSA) is 3.24 Å². The molecule has 1 aliphatic heterocycles. The average molecular weight is 846 g/mol. The van der Waals surface area contributed by atoms with Gasteiger partial charge in [-0.25, -0.2) is 0 Å². The van der Waals surface area contributed by atoms with E-state index in [1.165, 1.54) is 115 Å². The molecule has 0 aliphatic carbocycles. The van der Waals surface area contributed by atoms with Gasteiger partial charge in [-0.1, -0.05) is 179 Å². The first kappa shape index (κ1) is 40.5. The standard InChI is InChI=1S/C62H59NSi/c1-60(2,3)44-24-20-40(21-25-44)51-33-43-30-45(61(4,5)6)35-53-56(43)57-52(51)34-46(62(7,8)9)36-54(57)59-58(53)50-29-28-49(37-55(50)64(59,10)11)63(47-26-22-38-16-12-14-18-41(38)31-47)48-27-23-39-17-13-15-19-42(39)32-48/h12-37H,1-11H3. The van der Waals surface area contributed by atoms with Crippen molar-refractivity contribution in [1.29, 1.82) is 0 Å². The Morgan fingerprint density at radius 2 is 0.875 bits per heavy atom. The van der Waals surface area contributed by atoms with Crippen LogP contribution in [0.15, 0.2) is 158 Å². The molecule has 1 aliphatic rings. The van der Waals surface area contributed by atoms with E-state index in [1.807, 2.05) is 0 Å². The molecule has 0 fully saturated rings. The van der Waals surface area contributed by atoms with Crippen molar-refractivity contribution in [2.75, 3.05) is 4.90 Å². The maximum Gasteiger partial charge on any atom is 0.114 e. The molecule has 0 N–H and O–H groups in total. The maximum atomic E-state index is 2.62. The first-order chi connectivity index (χ1) is 30.4. The van der Waals surface area contributed by atoms with Crippen LogP contribution in [0.4, 0.5) is 17.1 Å². The van der Waals surface area contributed by atoms with Gasteiger partial charge in [0, 0.05) is 17.1 Å². The van der Waals surface area contributed by atoms with Crippen molar-refractivity contribution in [2.45, 2.75) is 91.7 Å². The number of fused-ring (bicyclic) bond motifs is 7. The average Bonchev–Trinajstić information content (AvgIpc) is 3.50. The van der Waals surface area contributed by atoms with Gasteiger partial charge >= 0.3 is 0 Å². The second-order valence-electron chi connectivity index (χ2n) is 22.3. The van der Waals surface area contributed by atoms with Crippen LogP contribution >= 0.6 is 0 Å². The molecule has 1 nitrogen and oxygen atoms in total. The zero-order valence-corrected chi connectivity index (χ0v) is 40.5. The highest BCUT2D eigenvalue weighted by molar-refractivity contribution is 7.05. The number of rotatable bonds is 4. The Labute approximate surface area is 380 Å². The van der Waals surface area contributed by atoms with Crippen molar-refractivity contribution in [3.8, 4) is 22.3 Å². The zero-order valence-electron chi connectivity index (χ0n) is 39.5. The SMILES string of the molecule is CC(C)(C)c1ccc(-c2cc3cc(C(C)(C)C)cc4c5c(c6cc(C(C)(C)C)cc2c6c34)[Si](C)(C)c2cc(N(c3ccc4ccccc4c3)c3ccc4ccccc4c3)ccc2-5)cc1. The van der Waals surface area contributed by atoms with Gasteiger partial charge < -0.3 is 4.90 Å². The Balaban J connectivity index is 1.21. The molecule has 0 unspecified atom stereocenters. The lowest BCUT2D eigenvalue weighted by molar-refractivity contribution is 0.590. The van der Waals surface area contributed by atoms with Gasteiger partial charge in [-0.05, 0) is 174 Å². The van der Waals surface area contributed by atoms with Gasteiger partial charge in [0.05, 0.1) is 0 Å². The minimum Gasteiger partial charge on any atom is -0.310 e. The normalized spacial score (nSPS) is 14.0. The van der Waals surface area contributed by atoms with E-state index in [-0.39, 0.29) is 16.2 Å². The van der Waals surface area contributed by atoms with E-state index in [4.69, 9.17) is 0 Å². The van der Waals surface area contributed by atoms with Crippen molar-refractivity contribution in [3.63, 3.8) is 0 Å². The first-order valence-corrected chi connectivity index (χ1v) is 26.2. The predicted octanol–water partition coefficient (Wildman–Crippen LogP) is 16.7. The molecule has 11 rings (SSSR count). The Morgan fingerprint density at radius 3 is 1.45 bits per heavy atom. The Hall–Kier alpha value is -6.22. The van der Waals surface area contributed by atoms with Crippen LogP contribution in [0.3, 0.4) is 0 Å². The smallest absolute Gasteiger partial charge is 0.114 e. The van der Waals surface area contributed by atoms with Gasteiger partial charge in [0.1, 0.15) is 8.07 Å². The third-order valence-electron chi connectivity index (χ3n) is 14.5. The van der Waals surface area contributed by atoms with Crippen LogP contribution in [0, 0.1) is 0 Å². The van der Waals surface area contributed by atoms with Gasteiger partial charge in [-0.3, -0.25) is 0 Å². The van der Waals surface area contributed by atoms with E-state index in [0.717, 1.165) is 0 Å². The summed E-state index contributed by atoms with van der Waals surface area (Å²) in [6.45, 7) is 26.4. The fraction of sp³-hybridized carbons (Fsp3) is 0.226. The van der Waals surface area contributed by atoms with Crippen LogP contribution in [0.2, 0.25) is 13.1 Å². The maximum absolute atomic E-state index is 2.62. The van der Waals surface area contributed by atoms with Crippen LogP contribution in [0.25, 0.3) is 76.1 Å². The van der Waals surface area contributed by atoms with Gasteiger partial charge in [0.15, 0.2) is 0 Å². The molecule has 0 spiro atoms. The third kappa shape index (κ3) is 6.32. The Bertz CT molecular complexity index is 3430.